The zero-order valence-electron chi connectivity index (χ0n) is 12.0. The number of piperidine rings is 1. The molecule has 2 atom stereocenters. The molecule has 5 nitrogen and oxygen atoms in total. The van der Waals surface area contributed by atoms with Crippen molar-refractivity contribution in [3.05, 3.63) is 30.1 Å². The van der Waals surface area contributed by atoms with E-state index in [1.165, 1.54) is 0 Å². The van der Waals surface area contributed by atoms with Crippen LogP contribution in [0, 0.1) is 0 Å². The smallest absolute Gasteiger partial charge is 0.181 e. The summed E-state index contributed by atoms with van der Waals surface area (Å²) in [6.07, 6.45) is 5.75. The Morgan fingerprint density at radius 3 is 2.85 bits per heavy atom. The Kier molecular flexibility index (Phi) is 4.03. The number of rotatable bonds is 3. The topological polar surface area (TPSA) is 60.6 Å². The van der Waals surface area contributed by atoms with Gasteiger partial charge in [-0.1, -0.05) is 6.07 Å². The van der Waals surface area contributed by atoms with Crippen LogP contribution in [0.15, 0.2) is 24.5 Å². The van der Waals surface area contributed by atoms with Crippen LogP contribution in [-0.4, -0.2) is 48.0 Å². The number of aromatic nitrogens is 1. The van der Waals surface area contributed by atoms with Crippen molar-refractivity contribution in [2.75, 3.05) is 26.3 Å². The number of pyridine rings is 1. The van der Waals surface area contributed by atoms with E-state index in [0.717, 1.165) is 31.5 Å². The molecule has 0 radical (unpaired) electrons. The van der Waals surface area contributed by atoms with Crippen LogP contribution in [0.1, 0.15) is 31.4 Å². The average molecular weight is 277 g/mol. The van der Waals surface area contributed by atoms with Crippen molar-refractivity contribution in [1.29, 1.82) is 0 Å². The highest BCUT2D eigenvalue weighted by molar-refractivity contribution is 5.16. The molecule has 3 rings (SSSR count). The maximum Gasteiger partial charge on any atom is 0.181 e. The van der Waals surface area contributed by atoms with Crippen LogP contribution in [0.2, 0.25) is 0 Å². The van der Waals surface area contributed by atoms with Crippen LogP contribution in [0.5, 0.6) is 0 Å². The number of ether oxygens (including phenoxy) is 2. The van der Waals surface area contributed by atoms with Crippen molar-refractivity contribution in [1.82, 2.24) is 9.88 Å². The third kappa shape index (κ3) is 2.72. The van der Waals surface area contributed by atoms with Crippen LogP contribution >= 0.6 is 0 Å². The Hall–Kier alpha value is -1.01. The average Bonchev–Trinajstić information content (AvgIpc) is 2.88. The van der Waals surface area contributed by atoms with Crippen LogP contribution in [0.4, 0.5) is 0 Å². The molecule has 3 heterocycles. The standard InChI is InChI=1S/C15H23N3O2/c1-12(16)14(13-4-2-6-17-10-13)18-7-3-5-15(11-18)19-8-9-20-15/h2,4,6,10,12,14H,3,5,7-9,11,16H2,1H3. The maximum absolute atomic E-state index is 6.24. The lowest BCUT2D eigenvalue weighted by Crippen LogP contribution is -2.52. The molecule has 2 aliphatic rings. The van der Waals surface area contributed by atoms with Crippen molar-refractivity contribution < 1.29 is 9.47 Å². The largest absolute Gasteiger partial charge is 0.346 e. The predicted molar refractivity (Wildman–Crippen MR) is 76.1 cm³/mol. The highest BCUT2D eigenvalue weighted by Gasteiger charge is 2.43. The first-order valence-corrected chi connectivity index (χ1v) is 7.38. The molecule has 2 saturated heterocycles. The maximum atomic E-state index is 6.24. The second kappa shape index (κ2) is 5.77. The molecule has 1 aromatic heterocycles. The van der Waals surface area contributed by atoms with E-state index in [2.05, 4.69) is 22.9 Å². The zero-order chi connectivity index (χ0) is 14.0. The van der Waals surface area contributed by atoms with Gasteiger partial charge in [-0.15, -0.1) is 0 Å². The van der Waals surface area contributed by atoms with Gasteiger partial charge in [0.15, 0.2) is 5.79 Å². The van der Waals surface area contributed by atoms with Crippen molar-refractivity contribution in [2.45, 2.75) is 37.6 Å². The van der Waals surface area contributed by atoms with Gasteiger partial charge in [0, 0.05) is 24.9 Å². The Morgan fingerprint density at radius 1 is 1.40 bits per heavy atom. The van der Waals surface area contributed by atoms with Gasteiger partial charge in [0.1, 0.15) is 0 Å². The van der Waals surface area contributed by atoms with Gasteiger partial charge in [-0.3, -0.25) is 9.88 Å². The summed E-state index contributed by atoms with van der Waals surface area (Å²) in [7, 11) is 0. The van der Waals surface area contributed by atoms with E-state index in [-0.39, 0.29) is 12.1 Å². The van der Waals surface area contributed by atoms with E-state index in [0.29, 0.717) is 13.2 Å². The summed E-state index contributed by atoms with van der Waals surface area (Å²) >= 11 is 0. The Bertz CT molecular complexity index is 432. The molecule has 0 aliphatic carbocycles. The zero-order valence-corrected chi connectivity index (χ0v) is 12.0. The lowest BCUT2D eigenvalue weighted by Gasteiger charge is -2.43. The number of nitrogens with two attached hydrogens (primary N) is 1. The molecule has 2 aliphatic heterocycles. The molecule has 2 N–H and O–H groups in total. The molecular weight excluding hydrogens is 254 g/mol. The second-order valence-electron chi connectivity index (χ2n) is 5.77. The summed E-state index contributed by atoms with van der Waals surface area (Å²) in [6, 6.07) is 4.26. The summed E-state index contributed by atoms with van der Waals surface area (Å²) in [5, 5.41) is 0. The van der Waals surface area contributed by atoms with Crippen molar-refractivity contribution in [3.8, 4) is 0 Å². The van der Waals surface area contributed by atoms with Gasteiger partial charge >= 0.3 is 0 Å². The van der Waals surface area contributed by atoms with E-state index < -0.39 is 5.79 Å². The van der Waals surface area contributed by atoms with Gasteiger partial charge in [-0.25, -0.2) is 0 Å². The SMILES string of the molecule is CC(N)C(c1cccnc1)N1CCCC2(C1)OCCO2. The van der Waals surface area contributed by atoms with Gasteiger partial charge in [-0.2, -0.15) is 0 Å². The van der Waals surface area contributed by atoms with Gasteiger partial charge in [0.2, 0.25) is 0 Å². The minimum Gasteiger partial charge on any atom is -0.346 e. The number of hydrogen-bond donors (Lipinski definition) is 1. The predicted octanol–water partition coefficient (Wildman–Crippen LogP) is 1.31. The monoisotopic (exact) mass is 277 g/mol. The molecular formula is C15H23N3O2. The van der Waals surface area contributed by atoms with Gasteiger partial charge in [-0.05, 0) is 31.5 Å². The van der Waals surface area contributed by atoms with E-state index >= 15 is 0 Å². The lowest BCUT2D eigenvalue weighted by atomic mass is 9.96. The van der Waals surface area contributed by atoms with Crippen molar-refractivity contribution in [3.63, 3.8) is 0 Å². The Morgan fingerprint density at radius 2 is 2.20 bits per heavy atom. The highest BCUT2D eigenvalue weighted by Crippen LogP contribution is 2.35. The molecule has 0 aromatic carbocycles. The molecule has 2 unspecified atom stereocenters. The fourth-order valence-electron chi connectivity index (χ4n) is 3.39. The third-order valence-electron chi connectivity index (χ3n) is 4.18. The van der Waals surface area contributed by atoms with Crippen LogP contribution in [-0.2, 0) is 9.47 Å². The van der Waals surface area contributed by atoms with Gasteiger partial charge < -0.3 is 15.2 Å². The number of hydrogen-bond acceptors (Lipinski definition) is 5. The van der Waals surface area contributed by atoms with E-state index in [1.54, 1.807) is 6.20 Å². The van der Waals surface area contributed by atoms with E-state index in [9.17, 15) is 0 Å². The molecule has 0 amide bonds. The second-order valence-corrected chi connectivity index (χ2v) is 5.77. The summed E-state index contributed by atoms with van der Waals surface area (Å²) in [5.74, 6) is -0.409. The van der Waals surface area contributed by atoms with Crippen LogP contribution < -0.4 is 5.73 Å². The van der Waals surface area contributed by atoms with E-state index in [4.69, 9.17) is 15.2 Å². The molecule has 1 spiro atoms. The first kappa shape index (κ1) is 13.9. The van der Waals surface area contributed by atoms with Crippen LogP contribution in [0.25, 0.3) is 0 Å². The lowest BCUT2D eigenvalue weighted by molar-refractivity contribution is -0.194. The molecule has 2 fully saturated rings. The summed E-state index contributed by atoms with van der Waals surface area (Å²) in [4.78, 5) is 6.61. The molecule has 20 heavy (non-hydrogen) atoms. The first-order valence-electron chi connectivity index (χ1n) is 7.38. The quantitative estimate of drug-likeness (QED) is 0.902. The fourth-order valence-corrected chi connectivity index (χ4v) is 3.39. The van der Waals surface area contributed by atoms with Crippen molar-refractivity contribution in [2.24, 2.45) is 5.73 Å². The van der Waals surface area contributed by atoms with Crippen LogP contribution in [0.3, 0.4) is 0 Å². The molecule has 1 aromatic rings. The van der Waals surface area contributed by atoms with Gasteiger partial charge in [0.05, 0.1) is 25.8 Å². The summed E-state index contributed by atoms with van der Waals surface area (Å²) < 4.78 is 11.7. The highest BCUT2D eigenvalue weighted by atomic mass is 16.7. The molecule has 0 bridgehead atoms. The molecule has 110 valence electrons. The Labute approximate surface area is 120 Å². The van der Waals surface area contributed by atoms with Crippen molar-refractivity contribution >= 4 is 0 Å². The molecule has 5 heteroatoms. The normalized spacial score (nSPS) is 25.7. The summed E-state index contributed by atoms with van der Waals surface area (Å²) in [5.41, 5.74) is 7.40. The minimum atomic E-state index is -0.409. The third-order valence-corrected chi connectivity index (χ3v) is 4.18. The minimum absolute atomic E-state index is 0.0377. The number of nitrogens with zero attached hydrogens (tertiary/aromatic N) is 2. The first-order chi connectivity index (χ1) is 9.70. The number of likely N-dealkylation sites (tertiary alicyclic amines) is 1. The summed E-state index contributed by atoms with van der Waals surface area (Å²) in [6.45, 7) is 5.26. The fraction of sp³-hybridized carbons (Fsp3) is 0.667. The Balaban J connectivity index is 1.81. The molecule has 0 saturated carbocycles. The van der Waals surface area contributed by atoms with E-state index in [1.807, 2.05) is 12.3 Å². The van der Waals surface area contributed by atoms with Gasteiger partial charge in [0.25, 0.3) is 0 Å².